The molecule has 7 heteroatoms. The van der Waals surface area contributed by atoms with Crippen molar-refractivity contribution in [2.75, 3.05) is 5.32 Å². The minimum absolute atomic E-state index is 0.0405. The van der Waals surface area contributed by atoms with E-state index in [2.05, 4.69) is 20.6 Å². The number of amides is 1. The van der Waals surface area contributed by atoms with E-state index in [0.29, 0.717) is 23.9 Å². The highest BCUT2D eigenvalue weighted by Crippen LogP contribution is 2.25. The molecular weight excluding hydrogens is 330 g/mol. The molecule has 3 aromatic rings. The van der Waals surface area contributed by atoms with Crippen LogP contribution in [0.25, 0.3) is 0 Å². The number of aromatic nitrogens is 4. The molecule has 1 amide bonds. The number of benzene rings is 1. The van der Waals surface area contributed by atoms with E-state index in [-0.39, 0.29) is 11.8 Å². The number of fused-ring (bicyclic) bond motifs is 1. The normalized spacial score (nSPS) is 16.0. The zero-order valence-corrected chi connectivity index (χ0v) is 14.4. The van der Waals surface area contributed by atoms with Crippen LogP contribution in [0.5, 0.6) is 11.6 Å². The highest BCUT2D eigenvalue weighted by atomic mass is 16.5. The Hall–Kier alpha value is -3.22. The maximum Gasteiger partial charge on any atom is 0.229 e. The molecule has 0 bridgehead atoms. The van der Waals surface area contributed by atoms with Crippen molar-refractivity contribution in [2.24, 2.45) is 13.0 Å². The smallest absolute Gasteiger partial charge is 0.229 e. The number of nitrogens with one attached hydrogen (secondary N) is 1. The van der Waals surface area contributed by atoms with Crippen molar-refractivity contribution in [2.45, 2.75) is 19.3 Å². The summed E-state index contributed by atoms with van der Waals surface area (Å²) in [6, 6.07) is 14.8. The summed E-state index contributed by atoms with van der Waals surface area (Å²) in [5, 5.41) is 11.1. The van der Waals surface area contributed by atoms with Gasteiger partial charge in [-0.3, -0.25) is 9.48 Å². The highest BCUT2D eigenvalue weighted by molar-refractivity contribution is 5.92. The van der Waals surface area contributed by atoms with Crippen molar-refractivity contribution in [1.29, 1.82) is 0 Å². The Morgan fingerprint density at radius 3 is 2.88 bits per heavy atom. The van der Waals surface area contributed by atoms with E-state index in [1.807, 2.05) is 43.4 Å². The maximum atomic E-state index is 12.6. The first-order valence-corrected chi connectivity index (χ1v) is 8.57. The molecular formula is C19H19N5O2. The predicted octanol–water partition coefficient (Wildman–Crippen LogP) is 2.75. The van der Waals surface area contributed by atoms with E-state index in [0.717, 1.165) is 24.2 Å². The molecule has 1 aromatic carbocycles. The lowest BCUT2D eigenvalue weighted by atomic mass is 9.89. The molecule has 26 heavy (non-hydrogen) atoms. The number of nitrogens with zero attached hydrogens (tertiary/aromatic N) is 4. The van der Waals surface area contributed by atoms with E-state index in [9.17, 15) is 4.79 Å². The number of ether oxygens (including phenoxy) is 1. The number of carbonyl (C=O) groups excluding carboxylic acids is 1. The third kappa shape index (κ3) is 3.42. The van der Waals surface area contributed by atoms with Crippen LogP contribution >= 0.6 is 0 Å². The number of aryl methyl sites for hydroxylation is 2. The second-order valence-corrected chi connectivity index (χ2v) is 6.31. The van der Waals surface area contributed by atoms with Gasteiger partial charge in [0.05, 0.1) is 11.4 Å². The van der Waals surface area contributed by atoms with Crippen LogP contribution in [0.4, 0.5) is 5.82 Å². The van der Waals surface area contributed by atoms with Gasteiger partial charge in [-0.15, -0.1) is 5.10 Å². The Balaban J connectivity index is 1.43. The average Bonchev–Trinajstić information content (AvgIpc) is 3.03. The van der Waals surface area contributed by atoms with Crippen molar-refractivity contribution in [1.82, 2.24) is 20.0 Å². The average molecular weight is 349 g/mol. The summed E-state index contributed by atoms with van der Waals surface area (Å²) in [6.45, 7) is 0. The molecule has 4 rings (SSSR count). The number of carbonyl (C=O) groups is 1. The van der Waals surface area contributed by atoms with Crippen LogP contribution < -0.4 is 10.1 Å². The summed E-state index contributed by atoms with van der Waals surface area (Å²) < 4.78 is 7.47. The fourth-order valence-corrected chi connectivity index (χ4v) is 3.11. The molecule has 132 valence electrons. The number of pyridine rings is 1. The van der Waals surface area contributed by atoms with Crippen molar-refractivity contribution >= 4 is 11.7 Å². The van der Waals surface area contributed by atoms with Gasteiger partial charge in [-0.1, -0.05) is 29.5 Å². The minimum Gasteiger partial charge on any atom is -0.439 e. The molecule has 2 heterocycles. The molecule has 0 spiro atoms. The lowest BCUT2D eigenvalue weighted by Crippen LogP contribution is -2.29. The van der Waals surface area contributed by atoms with Gasteiger partial charge in [0.1, 0.15) is 11.6 Å². The van der Waals surface area contributed by atoms with Crippen molar-refractivity contribution in [3.63, 3.8) is 0 Å². The van der Waals surface area contributed by atoms with E-state index < -0.39 is 0 Å². The summed E-state index contributed by atoms with van der Waals surface area (Å²) in [5.41, 5.74) is 2.03. The molecule has 1 N–H and O–H groups in total. The second-order valence-electron chi connectivity index (χ2n) is 6.31. The van der Waals surface area contributed by atoms with Gasteiger partial charge >= 0.3 is 0 Å². The molecule has 0 saturated carbocycles. The van der Waals surface area contributed by atoms with Crippen LogP contribution in [-0.2, 0) is 24.7 Å². The molecule has 0 fully saturated rings. The van der Waals surface area contributed by atoms with Gasteiger partial charge in [-0.25, -0.2) is 0 Å². The van der Waals surface area contributed by atoms with Crippen LogP contribution in [0.1, 0.15) is 17.8 Å². The van der Waals surface area contributed by atoms with Gasteiger partial charge < -0.3 is 10.1 Å². The van der Waals surface area contributed by atoms with Gasteiger partial charge in [0.15, 0.2) is 0 Å². The quantitative estimate of drug-likeness (QED) is 0.783. The Labute approximate surface area is 151 Å². The number of para-hydroxylation sites is 1. The first kappa shape index (κ1) is 16.3. The SMILES string of the molecule is Cn1nnc2c1CC(C(=O)Nc1cccc(Oc3ccccc3)n1)CC2. The second kappa shape index (κ2) is 6.95. The Bertz CT molecular complexity index is 923. The van der Waals surface area contributed by atoms with Crippen LogP contribution in [0.15, 0.2) is 48.5 Å². The topological polar surface area (TPSA) is 81.9 Å². The number of anilines is 1. The standard InChI is InChI=1S/C19H19N5O2/c1-24-16-12-13(10-11-15(16)22-23-24)19(25)21-17-8-5-9-18(20-17)26-14-6-3-2-4-7-14/h2-9,13H,10-12H2,1H3,(H,20,21,25). The summed E-state index contributed by atoms with van der Waals surface area (Å²) in [6.07, 6.45) is 2.18. The molecule has 2 aromatic heterocycles. The molecule has 0 saturated heterocycles. The first-order valence-electron chi connectivity index (χ1n) is 8.57. The van der Waals surface area contributed by atoms with E-state index in [4.69, 9.17) is 4.74 Å². The van der Waals surface area contributed by atoms with Crippen LogP contribution in [0, 0.1) is 5.92 Å². The van der Waals surface area contributed by atoms with Gasteiger partial charge in [0, 0.05) is 25.5 Å². The summed E-state index contributed by atoms with van der Waals surface area (Å²) in [5.74, 6) is 1.47. The van der Waals surface area contributed by atoms with E-state index in [1.54, 1.807) is 16.8 Å². The molecule has 1 atom stereocenters. The number of rotatable bonds is 4. The van der Waals surface area contributed by atoms with Crippen molar-refractivity contribution < 1.29 is 9.53 Å². The summed E-state index contributed by atoms with van der Waals surface area (Å²) in [7, 11) is 1.86. The summed E-state index contributed by atoms with van der Waals surface area (Å²) in [4.78, 5) is 17.0. The molecule has 1 unspecified atom stereocenters. The van der Waals surface area contributed by atoms with Gasteiger partial charge in [0.2, 0.25) is 11.8 Å². The Morgan fingerprint density at radius 2 is 2.04 bits per heavy atom. The molecule has 0 radical (unpaired) electrons. The number of hydrogen-bond acceptors (Lipinski definition) is 5. The van der Waals surface area contributed by atoms with Gasteiger partial charge in [-0.05, 0) is 31.0 Å². The third-order valence-electron chi connectivity index (χ3n) is 4.50. The predicted molar refractivity (Wildman–Crippen MR) is 95.9 cm³/mol. The fourth-order valence-electron chi connectivity index (χ4n) is 3.11. The van der Waals surface area contributed by atoms with Crippen LogP contribution in [-0.4, -0.2) is 25.9 Å². The zero-order chi connectivity index (χ0) is 17.9. The van der Waals surface area contributed by atoms with Gasteiger partial charge in [-0.2, -0.15) is 4.98 Å². The monoisotopic (exact) mass is 349 g/mol. The molecule has 7 nitrogen and oxygen atoms in total. The van der Waals surface area contributed by atoms with Crippen LogP contribution in [0.3, 0.4) is 0 Å². The minimum atomic E-state index is -0.111. The van der Waals surface area contributed by atoms with Crippen molar-refractivity contribution in [3.05, 3.63) is 59.9 Å². The maximum absolute atomic E-state index is 12.6. The molecule has 0 aliphatic heterocycles. The highest BCUT2D eigenvalue weighted by Gasteiger charge is 2.28. The van der Waals surface area contributed by atoms with E-state index >= 15 is 0 Å². The lowest BCUT2D eigenvalue weighted by Gasteiger charge is -2.20. The Kier molecular flexibility index (Phi) is 4.35. The lowest BCUT2D eigenvalue weighted by molar-refractivity contribution is -0.120. The largest absolute Gasteiger partial charge is 0.439 e. The van der Waals surface area contributed by atoms with Gasteiger partial charge in [0.25, 0.3) is 0 Å². The van der Waals surface area contributed by atoms with Crippen LogP contribution in [0.2, 0.25) is 0 Å². The zero-order valence-electron chi connectivity index (χ0n) is 14.4. The van der Waals surface area contributed by atoms with Crippen molar-refractivity contribution in [3.8, 4) is 11.6 Å². The number of hydrogen-bond donors (Lipinski definition) is 1. The Morgan fingerprint density at radius 1 is 1.19 bits per heavy atom. The fraction of sp³-hybridized carbons (Fsp3) is 0.263. The molecule has 1 aliphatic carbocycles. The summed E-state index contributed by atoms with van der Waals surface area (Å²) >= 11 is 0. The third-order valence-corrected chi connectivity index (χ3v) is 4.50. The molecule has 1 aliphatic rings. The van der Waals surface area contributed by atoms with E-state index in [1.165, 1.54) is 0 Å². The first-order chi connectivity index (χ1) is 12.7.